The van der Waals surface area contributed by atoms with Crippen LogP contribution in [0.15, 0.2) is 90.6 Å². The highest BCUT2D eigenvalue weighted by atomic mass is 16.2. The van der Waals surface area contributed by atoms with Gasteiger partial charge >= 0.3 is 0 Å². The Labute approximate surface area is 198 Å². The molecule has 0 radical (unpaired) electrons. The lowest BCUT2D eigenvalue weighted by atomic mass is 10.0. The molecule has 0 unspecified atom stereocenters. The van der Waals surface area contributed by atoms with E-state index in [-0.39, 0.29) is 11.8 Å². The minimum Gasteiger partial charge on any atom is -0.364 e. The molecule has 0 aliphatic carbocycles. The molecule has 2 amide bonds. The van der Waals surface area contributed by atoms with Gasteiger partial charge in [-0.2, -0.15) is 5.26 Å². The number of carbonyl (C=O) groups is 2. The minimum atomic E-state index is -0.331. The molecule has 0 spiro atoms. The lowest BCUT2D eigenvalue weighted by Crippen LogP contribution is -2.47. The zero-order chi connectivity index (χ0) is 23.5. The number of nitrogens with zero attached hydrogens (tertiary/aromatic N) is 4. The summed E-state index contributed by atoms with van der Waals surface area (Å²) in [5.41, 5.74) is 3.85. The summed E-state index contributed by atoms with van der Waals surface area (Å²) in [6, 6.07) is 28.4. The van der Waals surface area contributed by atoms with E-state index < -0.39 is 0 Å². The number of hydrogen-bond acceptors (Lipinski definition) is 5. The topological polar surface area (TPSA) is 67.7 Å². The van der Waals surface area contributed by atoms with Gasteiger partial charge in [0.05, 0.1) is 22.9 Å². The third-order valence-electron chi connectivity index (χ3n) is 6.31. The Bertz CT molecular complexity index is 1270. The van der Waals surface area contributed by atoms with E-state index in [0.29, 0.717) is 35.6 Å². The summed E-state index contributed by atoms with van der Waals surface area (Å²) in [6.07, 6.45) is 0. The van der Waals surface area contributed by atoms with Crippen LogP contribution in [-0.4, -0.2) is 47.8 Å². The zero-order valence-electron chi connectivity index (χ0n) is 18.7. The van der Waals surface area contributed by atoms with Gasteiger partial charge in [0.25, 0.3) is 11.8 Å². The number of benzene rings is 3. The molecule has 0 atom stereocenters. The summed E-state index contributed by atoms with van der Waals surface area (Å²) < 4.78 is 0. The fourth-order valence-corrected chi connectivity index (χ4v) is 4.57. The first-order valence-corrected chi connectivity index (χ1v) is 11.4. The molecule has 0 aromatic heterocycles. The van der Waals surface area contributed by atoms with Gasteiger partial charge < -0.3 is 4.90 Å². The van der Waals surface area contributed by atoms with Crippen LogP contribution in [0.4, 0.5) is 5.69 Å². The molecule has 6 heteroatoms. The van der Waals surface area contributed by atoms with Crippen molar-refractivity contribution in [2.75, 3.05) is 31.1 Å². The second-order valence-electron chi connectivity index (χ2n) is 8.44. The summed E-state index contributed by atoms with van der Waals surface area (Å²) in [5, 5.41) is 9.10. The second kappa shape index (κ2) is 9.34. The molecule has 168 valence electrons. The lowest BCUT2D eigenvalue weighted by Gasteiger charge is -2.36. The summed E-state index contributed by atoms with van der Waals surface area (Å²) in [5.74, 6) is -0.646. The first kappa shape index (κ1) is 21.6. The molecule has 1 fully saturated rings. The van der Waals surface area contributed by atoms with Crippen molar-refractivity contribution in [1.29, 1.82) is 5.26 Å². The van der Waals surface area contributed by atoms with E-state index >= 15 is 0 Å². The molecular formula is C28H24N4O2. The number of piperazine rings is 1. The van der Waals surface area contributed by atoms with E-state index in [0.717, 1.165) is 25.2 Å². The van der Waals surface area contributed by atoms with Gasteiger partial charge in [0, 0.05) is 32.7 Å². The molecule has 5 rings (SSSR count). The van der Waals surface area contributed by atoms with Crippen LogP contribution in [0.25, 0.3) is 5.57 Å². The smallest absolute Gasteiger partial charge is 0.282 e. The summed E-state index contributed by atoms with van der Waals surface area (Å²) >= 11 is 0. The van der Waals surface area contributed by atoms with E-state index in [9.17, 15) is 9.59 Å². The third kappa shape index (κ3) is 4.09. The highest BCUT2D eigenvalue weighted by molar-refractivity contribution is 6.45. The van der Waals surface area contributed by atoms with Crippen molar-refractivity contribution in [3.05, 3.63) is 107 Å². The Balaban J connectivity index is 1.43. The molecule has 3 aromatic rings. The fourth-order valence-electron chi connectivity index (χ4n) is 4.57. The maximum absolute atomic E-state index is 13.7. The average Bonchev–Trinajstić information content (AvgIpc) is 3.15. The van der Waals surface area contributed by atoms with Crippen molar-refractivity contribution in [3.63, 3.8) is 0 Å². The van der Waals surface area contributed by atoms with Gasteiger partial charge in [-0.05, 0) is 35.4 Å². The number of hydrogen-bond donors (Lipinski definition) is 0. The van der Waals surface area contributed by atoms with Crippen LogP contribution in [0.1, 0.15) is 16.7 Å². The Hall–Kier alpha value is -4.21. The second-order valence-corrected chi connectivity index (χ2v) is 8.44. The molecule has 3 aromatic carbocycles. The minimum absolute atomic E-state index is 0.315. The number of anilines is 1. The summed E-state index contributed by atoms with van der Waals surface area (Å²) in [4.78, 5) is 32.9. The Morgan fingerprint density at radius 2 is 1.35 bits per heavy atom. The number of rotatable bonds is 5. The molecule has 2 aliphatic heterocycles. The molecule has 0 bridgehead atoms. The number of imide groups is 1. The van der Waals surface area contributed by atoms with Gasteiger partial charge in [-0.15, -0.1) is 0 Å². The molecule has 6 nitrogen and oxygen atoms in total. The Kier molecular flexibility index (Phi) is 5.94. The number of amides is 2. The number of nitriles is 1. The van der Waals surface area contributed by atoms with E-state index in [1.165, 1.54) is 10.5 Å². The first-order chi connectivity index (χ1) is 16.7. The molecule has 34 heavy (non-hydrogen) atoms. The van der Waals surface area contributed by atoms with Crippen molar-refractivity contribution in [2.45, 2.75) is 6.54 Å². The standard InChI is InChI=1S/C28H24N4O2/c29-19-21-11-13-24(14-12-21)32-27(33)25(23-9-5-2-6-10-23)26(28(32)34)31-17-15-30(16-18-31)20-22-7-3-1-4-8-22/h1-14H,15-18,20H2. The van der Waals surface area contributed by atoms with Crippen LogP contribution in [0.2, 0.25) is 0 Å². The van der Waals surface area contributed by atoms with Crippen LogP contribution in [0.5, 0.6) is 0 Å². The van der Waals surface area contributed by atoms with Gasteiger partial charge in [-0.3, -0.25) is 14.5 Å². The fraction of sp³-hybridized carbons (Fsp3) is 0.179. The lowest BCUT2D eigenvalue weighted by molar-refractivity contribution is -0.120. The maximum atomic E-state index is 13.7. The van der Waals surface area contributed by atoms with Gasteiger partial charge in [0.15, 0.2) is 0 Å². The Morgan fingerprint density at radius 3 is 1.97 bits per heavy atom. The largest absolute Gasteiger partial charge is 0.364 e. The van der Waals surface area contributed by atoms with Gasteiger partial charge in [-0.25, -0.2) is 4.90 Å². The first-order valence-electron chi connectivity index (χ1n) is 11.4. The SMILES string of the molecule is N#Cc1ccc(N2C(=O)C(c3ccccc3)=C(N3CCN(Cc4ccccc4)CC3)C2=O)cc1. The predicted octanol–water partition coefficient (Wildman–Crippen LogP) is 3.66. The van der Waals surface area contributed by atoms with Crippen LogP contribution in [-0.2, 0) is 16.1 Å². The monoisotopic (exact) mass is 448 g/mol. The van der Waals surface area contributed by atoms with Gasteiger partial charge in [0.1, 0.15) is 5.70 Å². The molecule has 2 heterocycles. The van der Waals surface area contributed by atoms with Crippen LogP contribution >= 0.6 is 0 Å². The maximum Gasteiger partial charge on any atom is 0.282 e. The molecule has 0 N–H and O–H groups in total. The highest BCUT2D eigenvalue weighted by Crippen LogP contribution is 2.35. The summed E-state index contributed by atoms with van der Waals surface area (Å²) in [7, 11) is 0. The quantitative estimate of drug-likeness (QED) is 0.558. The summed E-state index contributed by atoms with van der Waals surface area (Å²) in [6.45, 7) is 3.80. The van der Waals surface area contributed by atoms with E-state index in [1.807, 2.05) is 53.4 Å². The zero-order valence-corrected chi connectivity index (χ0v) is 18.7. The van der Waals surface area contributed by atoms with E-state index in [1.54, 1.807) is 24.3 Å². The molecular weight excluding hydrogens is 424 g/mol. The van der Waals surface area contributed by atoms with Gasteiger partial charge in [0.2, 0.25) is 0 Å². The van der Waals surface area contributed by atoms with Crippen molar-refractivity contribution >= 4 is 23.1 Å². The van der Waals surface area contributed by atoms with E-state index in [4.69, 9.17) is 5.26 Å². The van der Waals surface area contributed by atoms with Crippen molar-refractivity contribution in [1.82, 2.24) is 9.80 Å². The number of carbonyl (C=O) groups excluding carboxylic acids is 2. The molecule has 0 saturated carbocycles. The van der Waals surface area contributed by atoms with Crippen LogP contribution < -0.4 is 4.90 Å². The molecule has 2 aliphatic rings. The van der Waals surface area contributed by atoms with Crippen LogP contribution in [0.3, 0.4) is 0 Å². The highest BCUT2D eigenvalue weighted by Gasteiger charge is 2.43. The normalized spacial score (nSPS) is 16.8. The Morgan fingerprint density at radius 1 is 0.735 bits per heavy atom. The van der Waals surface area contributed by atoms with E-state index in [2.05, 4.69) is 23.1 Å². The van der Waals surface area contributed by atoms with Gasteiger partial charge in [-0.1, -0.05) is 60.7 Å². The van der Waals surface area contributed by atoms with Crippen LogP contribution in [0, 0.1) is 11.3 Å². The third-order valence-corrected chi connectivity index (χ3v) is 6.31. The molecule has 1 saturated heterocycles. The predicted molar refractivity (Wildman–Crippen MR) is 130 cm³/mol. The van der Waals surface area contributed by atoms with Crippen molar-refractivity contribution in [3.8, 4) is 6.07 Å². The average molecular weight is 449 g/mol. The van der Waals surface area contributed by atoms with Crippen molar-refractivity contribution < 1.29 is 9.59 Å². The van der Waals surface area contributed by atoms with Crippen molar-refractivity contribution in [2.24, 2.45) is 0 Å².